The normalized spacial score (nSPS) is 12.3. The molecular formula is C18H18N4O3S2. The molecule has 0 aliphatic heterocycles. The average Bonchev–Trinajstić information content (AvgIpc) is 3.08. The number of benzene rings is 1. The second-order valence-corrected chi connectivity index (χ2v) is 8.15. The standard InChI is InChI=1S/C18H18N4O3S2/c1-10(2)13(14(23)20-17(19)25)27-18-21-15-12(8-9-26-15)16(24)22(18)11-6-4-3-5-7-11/h3-10,13H,1-2H3,(H3,19,20,23,25)/t13-/m0/s1. The van der Waals surface area contributed by atoms with Crippen LogP contribution in [0, 0.1) is 5.92 Å². The van der Waals surface area contributed by atoms with E-state index in [1.54, 1.807) is 18.2 Å². The SMILES string of the molecule is CC(C)[C@H](Sc1nc2sccc2c(=O)n1-c1ccccc1)C(=O)NC(N)=O. The van der Waals surface area contributed by atoms with Crippen LogP contribution in [0.15, 0.2) is 51.7 Å². The molecule has 3 amide bonds. The highest BCUT2D eigenvalue weighted by Gasteiger charge is 2.27. The van der Waals surface area contributed by atoms with Gasteiger partial charge in [-0.1, -0.05) is 43.8 Å². The van der Waals surface area contributed by atoms with Crippen molar-refractivity contribution in [1.29, 1.82) is 0 Å². The number of nitrogens with two attached hydrogens (primary N) is 1. The topological polar surface area (TPSA) is 107 Å². The lowest BCUT2D eigenvalue weighted by molar-refractivity contribution is -0.120. The zero-order valence-corrected chi connectivity index (χ0v) is 16.3. The van der Waals surface area contributed by atoms with Gasteiger partial charge < -0.3 is 5.73 Å². The fourth-order valence-corrected chi connectivity index (χ4v) is 4.49. The fourth-order valence-electron chi connectivity index (χ4n) is 2.58. The van der Waals surface area contributed by atoms with Crippen molar-refractivity contribution in [3.63, 3.8) is 0 Å². The summed E-state index contributed by atoms with van der Waals surface area (Å²) in [4.78, 5) is 41.7. The van der Waals surface area contributed by atoms with E-state index in [-0.39, 0.29) is 11.5 Å². The van der Waals surface area contributed by atoms with Gasteiger partial charge in [0.2, 0.25) is 5.91 Å². The number of para-hydroxylation sites is 1. The quantitative estimate of drug-likeness (QED) is 0.504. The number of nitrogens with one attached hydrogen (secondary N) is 1. The van der Waals surface area contributed by atoms with Crippen LogP contribution in [0.1, 0.15) is 13.8 Å². The van der Waals surface area contributed by atoms with Gasteiger partial charge in [0.1, 0.15) is 4.83 Å². The second kappa shape index (κ2) is 7.93. The molecule has 0 saturated carbocycles. The summed E-state index contributed by atoms with van der Waals surface area (Å²) in [6, 6.07) is 9.95. The molecule has 0 aliphatic carbocycles. The Morgan fingerprint density at radius 1 is 1.22 bits per heavy atom. The molecule has 2 aromatic heterocycles. The first-order chi connectivity index (χ1) is 12.9. The molecule has 0 unspecified atom stereocenters. The van der Waals surface area contributed by atoms with E-state index in [1.807, 2.05) is 37.4 Å². The first kappa shape index (κ1) is 19.1. The van der Waals surface area contributed by atoms with E-state index in [1.165, 1.54) is 15.9 Å². The van der Waals surface area contributed by atoms with Crippen molar-refractivity contribution in [1.82, 2.24) is 14.9 Å². The van der Waals surface area contributed by atoms with Crippen LogP contribution in [0.2, 0.25) is 0 Å². The molecule has 7 nitrogen and oxygen atoms in total. The van der Waals surface area contributed by atoms with Gasteiger partial charge in [-0.2, -0.15) is 0 Å². The molecule has 1 aromatic carbocycles. The van der Waals surface area contributed by atoms with Gasteiger partial charge >= 0.3 is 6.03 Å². The largest absolute Gasteiger partial charge is 0.351 e. The van der Waals surface area contributed by atoms with Gasteiger partial charge in [0.15, 0.2) is 5.16 Å². The molecule has 2 heterocycles. The first-order valence-electron chi connectivity index (χ1n) is 8.21. The Kier molecular flexibility index (Phi) is 5.62. The lowest BCUT2D eigenvalue weighted by Crippen LogP contribution is -2.42. The van der Waals surface area contributed by atoms with Crippen molar-refractivity contribution in [3.05, 3.63) is 52.1 Å². The van der Waals surface area contributed by atoms with Gasteiger partial charge in [-0.15, -0.1) is 11.3 Å². The molecule has 0 spiro atoms. The minimum absolute atomic E-state index is 0.116. The van der Waals surface area contributed by atoms with Crippen LogP contribution in [0.5, 0.6) is 0 Å². The van der Waals surface area contributed by atoms with Gasteiger partial charge in [-0.25, -0.2) is 9.78 Å². The number of carbonyl (C=O) groups excluding carboxylic acids is 2. The summed E-state index contributed by atoms with van der Waals surface area (Å²) < 4.78 is 1.49. The van der Waals surface area contributed by atoms with Crippen LogP contribution in [-0.2, 0) is 4.79 Å². The van der Waals surface area contributed by atoms with E-state index in [2.05, 4.69) is 10.3 Å². The summed E-state index contributed by atoms with van der Waals surface area (Å²) in [7, 11) is 0. The zero-order valence-electron chi connectivity index (χ0n) is 14.7. The molecule has 140 valence electrons. The van der Waals surface area contributed by atoms with Crippen molar-refractivity contribution >= 4 is 45.3 Å². The number of fused-ring (bicyclic) bond motifs is 1. The van der Waals surface area contributed by atoms with Gasteiger partial charge in [0.05, 0.1) is 16.3 Å². The second-order valence-electron chi connectivity index (χ2n) is 6.15. The summed E-state index contributed by atoms with van der Waals surface area (Å²) in [6.07, 6.45) is 0. The van der Waals surface area contributed by atoms with Crippen molar-refractivity contribution in [3.8, 4) is 5.69 Å². The lowest BCUT2D eigenvalue weighted by atomic mass is 10.1. The molecule has 3 rings (SSSR count). The molecule has 0 radical (unpaired) electrons. The number of carbonyl (C=O) groups is 2. The molecule has 1 atom stereocenters. The Bertz CT molecular complexity index is 1040. The Balaban J connectivity index is 2.13. The maximum atomic E-state index is 13.1. The fraction of sp³-hybridized carbons (Fsp3) is 0.222. The summed E-state index contributed by atoms with van der Waals surface area (Å²) in [5.74, 6) is -0.628. The first-order valence-corrected chi connectivity index (χ1v) is 9.97. The zero-order chi connectivity index (χ0) is 19.6. The Morgan fingerprint density at radius 2 is 1.93 bits per heavy atom. The predicted molar refractivity (Wildman–Crippen MR) is 107 cm³/mol. The van der Waals surface area contributed by atoms with Crippen molar-refractivity contribution in [2.75, 3.05) is 0 Å². The number of primary amides is 1. The molecule has 0 bridgehead atoms. The number of hydrogen-bond acceptors (Lipinski definition) is 6. The lowest BCUT2D eigenvalue weighted by Gasteiger charge is -2.20. The number of nitrogens with zero attached hydrogens (tertiary/aromatic N) is 2. The van der Waals surface area contributed by atoms with Gasteiger partial charge in [-0.05, 0) is 29.5 Å². The predicted octanol–water partition coefficient (Wildman–Crippen LogP) is 2.76. The number of imide groups is 1. The third kappa shape index (κ3) is 4.04. The average molecular weight is 403 g/mol. The smallest absolute Gasteiger partial charge is 0.318 e. The number of amides is 3. The Labute approximate surface area is 163 Å². The molecule has 0 fully saturated rings. The van der Waals surface area contributed by atoms with E-state index in [0.29, 0.717) is 21.1 Å². The molecule has 27 heavy (non-hydrogen) atoms. The number of thioether (sulfide) groups is 1. The number of hydrogen-bond donors (Lipinski definition) is 2. The van der Waals surface area contributed by atoms with E-state index in [0.717, 1.165) is 11.8 Å². The molecule has 9 heteroatoms. The Hall–Kier alpha value is -2.65. The van der Waals surface area contributed by atoms with Crippen LogP contribution in [-0.4, -0.2) is 26.7 Å². The Morgan fingerprint density at radius 3 is 2.56 bits per heavy atom. The summed E-state index contributed by atoms with van der Waals surface area (Å²) in [5, 5.41) is 4.20. The molecule has 0 aliphatic rings. The summed E-state index contributed by atoms with van der Waals surface area (Å²) in [5.41, 5.74) is 5.54. The molecule has 3 aromatic rings. The third-order valence-electron chi connectivity index (χ3n) is 3.82. The minimum Gasteiger partial charge on any atom is -0.351 e. The maximum absolute atomic E-state index is 13.1. The number of thiophene rings is 1. The highest BCUT2D eigenvalue weighted by Crippen LogP contribution is 2.30. The van der Waals surface area contributed by atoms with E-state index < -0.39 is 17.2 Å². The van der Waals surface area contributed by atoms with Crippen LogP contribution in [0.25, 0.3) is 15.9 Å². The summed E-state index contributed by atoms with van der Waals surface area (Å²) in [6.45, 7) is 3.71. The monoisotopic (exact) mass is 402 g/mol. The van der Waals surface area contributed by atoms with Gasteiger partial charge in [0.25, 0.3) is 5.56 Å². The molecular weight excluding hydrogens is 384 g/mol. The number of urea groups is 1. The third-order valence-corrected chi connectivity index (χ3v) is 6.13. The van der Waals surface area contributed by atoms with Crippen molar-refractivity contribution in [2.24, 2.45) is 11.7 Å². The number of rotatable bonds is 5. The van der Waals surface area contributed by atoms with E-state index in [9.17, 15) is 14.4 Å². The highest BCUT2D eigenvalue weighted by atomic mass is 32.2. The minimum atomic E-state index is -0.909. The van der Waals surface area contributed by atoms with Gasteiger partial charge in [-0.3, -0.25) is 19.5 Å². The van der Waals surface area contributed by atoms with Crippen LogP contribution < -0.4 is 16.6 Å². The summed E-state index contributed by atoms with van der Waals surface area (Å²) >= 11 is 2.50. The van der Waals surface area contributed by atoms with Crippen LogP contribution >= 0.6 is 23.1 Å². The van der Waals surface area contributed by atoms with Crippen LogP contribution in [0.4, 0.5) is 4.79 Å². The molecule has 0 saturated heterocycles. The number of aromatic nitrogens is 2. The maximum Gasteiger partial charge on any atom is 0.318 e. The van der Waals surface area contributed by atoms with E-state index in [4.69, 9.17) is 5.73 Å². The van der Waals surface area contributed by atoms with Crippen molar-refractivity contribution in [2.45, 2.75) is 24.3 Å². The van der Waals surface area contributed by atoms with Crippen LogP contribution in [0.3, 0.4) is 0 Å². The van der Waals surface area contributed by atoms with E-state index >= 15 is 0 Å². The molecule has 3 N–H and O–H groups in total. The van der Waals surface area contributed by atoms with Gasteiger partial charge in [0, 0.05) is 0 Å². The van der Waals surface area contributed by atoms with Crippen molar-refractivity contribution < 1.29 is 9.59 Å². The highest BCUT2D eigenvalue weighted by molar-refractivity contribution is 8.00.